The van der Waals surface area contributed by atoms with Gasteiger partial charge in [0, 0.05) is 32.2 Å². The SMILES string of the molecule is Cc1ccccc1C1C(=O)NCC2CNCCN21. The highest BCUT2D eigenvalue weighted by Gasteiger charge is 2.38. The molecule has 0 aliphatic carbocycles. The maximum Gasteiger partial charge on any atom is 0.242 e. The van der Waals surface area contributed by atoms with Crippen molar-refractivity contribution in [2.24, 2.45) is 0 Å². The summed E-state index contributed by atoms with van der Waals surface area (Å²) >= 11 is 0. The molecule has 1 aromatic rings. The second kappa shape index (κ2) is 4.71. The van der Waals surface area contributed by atoms with Gasteiger partial charge in [-0.25, -0.2) is 0 Å². The van der Waals surface area contributed by atoms with Crippen LogP contribution in [0.4, 0.5) is 0 Å². The van der Waals surface area contributed by atoms with E-state index in [0.29, 0.717) is 6.04 Å². The average molecular weight is 245 g/mol. The molecule has 2 unspecified atom stereocenters. The molecule has 4 heteroatoms. The van der Waals surface area contributed by atoms with Crippen molar-refractivity contribution in [1.29, 1.82) is 0 Å². The summed E-state index contributed by atoms with van der Waals surface area (Å²) < 4.78 is 0. The zero-order chi connectivity index (χ0) is 12.5. The maximum atomic E-state index is 12.2. The highest BCUT2D eigenvalue weighted by Crippen LogP contribution is 2.28. The zero-order valence-corrected chi connectivity index (χ0v) is 10.6. The van der Waals surface area contributed by atoms with Crippen LogP contribution in [-0.2, 0) is 4.79 Å². The minimum absolute atomic E-state index is 0.118. The van der Waals surface area contributed by atoms with Crippen LogP contribution in [0, 0.1) is 6.92 Å². The molecule has 2 atom stereocenters. The largest absolute Gasteiger partial charge is 0.353 e. The lowest BCUT2D eigenvalue weighted by molar-refractivity contribution is -0.132. The molecule has 96 valence electrons. The van der Waals surface area contributed by atoms with E-state index in [1.807, 2.05) is 12.1 Å². The molecule has 4 nitrogen and oxygen atoms in total. The van der Waals surface area contributed by atoms with Gasteiger partial charge in [0.25, 0.3) is 0 Å². The van der Waals surface area contributed by atoms with Gasteiger partial charge in [-0.1, -0.05) is 24.3 Å². The average Bonchev–Trinajstić information content (AvgIpc) is 2.40. The Morgan fingerprint density at radius 1 is 1.28 bits per heavy atom. The summed E-state index contributed by atoms with van der Waals surface area (Å²) in [4.78, 5) is 14.6. The van der Waals surface area contributed by atoms with Crippen molar-refractivity contribution in [3.05, 3.63) is 35.4 Å². The number of carbonyl (C=O) groups is 1. The van der Waals surface area contributed by atoms with Gasteiger partial charge in [-0.05, 0) is 18.1 Å². The van der Waals surface area contributed by atoms with E-state index >= 15 is 0 Å². The van der Waals surface area contributed by atoms with Gasteiger partial charge < -0.3 is 10.6 Å². The van der Waals surface area contributed by atoms with Gasteiger partial charge in [0.05, 0.1) is 0 Å². The third-order valence-electron chi connectivity index (χ3n) is 3.97. The Morgan fingerprint density at radius 3 is 2.94 bits per heavy atom. The second-order valence-corrected chi connectivity index (χ2v) is 5.10. The summed E-state index contributed by atoms with van der Waals surface area (Å²) in [6.45, 7) is 5.70. The monoisotopic (exact) mass is 245 g/mol. The van der Waals surface area contributed by atoms with Crippen molar-refractivity contribution in [2.45, 2.75) is 19.0 Å². The van der Waals surface area contributed by atoms with Gasteiger partial charge in [0.2, 0.25) is 5.91 Å². The Kier molecular flexibility index (Phi) is 3.06. The molecule has 0 radical (unpaired) electrons. The number of fused-ring (bicyclic) bond motifs is 1. The lowest BCUT2D eigenvalue weighted by Crippen LogP contribution is -2.63. The minimum atomic E-state index is -0.118. The smallest absolute Gasteiger partial charge is 0.242 e. The molecule has 2 aliphatic heterocycles. The molecule has 2 fully saturated rings. The fourth-order valence-electron chi connectivity index (χ4n) is 2.99. The maximum absolute atomic E-state index is 12.2. The predicted molar refractivity (Wildman–Crippen MR) is 70.3 cm³/mol. The van der Waals surface area contributed by atoms with Crippen LogP contribution in [0.3, 0.4) is 0 Å². The van der Waals surface area contributed by atoms with Crippen LogP contribution in [0.1, 0.15) is 17.2 Å². The highest BCUT2D eigenvalue weighted by atomic mass is 16.2. The molecule has 3 rings (SSSR count). The highest BCUT2D eigenvalue weighted by molar-refractivity contribution is 5.84. The molecule has 0 spiro atoms. The van der Waals surface area contributed by atoms with Crippen LogP contribution in [0.2, 0.25) is 0 Å². The van der Waals surface area contributed by atoms with Gasteiger partial charge >= 0.3 is 0 Å². The number of carbonyl (C=O) groups excluding carboxylic acids is 1. The Labute approximate surface area is 107 Å². The molecule has 0 saturated carbocycles. The van der Waals surface area contributed by atoms with Crippen molar-refractivity contribution in [3.63, 3.8) is 0 Å². The van der Waals surface area contributed by atoms with Crippen molar-refractivity contribution in [1.82, 2.24) is 15.5 Å². The molecule has 2 saturated heterocycles. The number of aryl methyl sites for hydroxylation is 1. The molecular formula is C14H19N3O. The summed E-state index contributed by atoms with van der Waals surface area (Å²) in [5.74, 6) is 0.141. The summed E-state index contributed by atoms with van der Waals surface area (Å²) in [6.07, 6.45) is 0. The van der Waals surface area contributed by atoms with Crippen LogP contribution in [-0.4, -0.2) is 43.0 Å². The first-order valence-corrected chi connectivity index (χ1v) is 6.57. The van der Waals surface area contributed by atoms with Crippen molar-refractivity contribution in [2.75, 3.05) is 26.2 Å². The van der Waals surface area contributed by atoms with Gasteiger partial charge in [0.15, 0.2) is 0 Å². The van der Waals surface area contributed by atoms with Crippen LogP contribution < -0.4 is 10.6 Å². The number of nitrogens with one attached hydrogen (secondary N) is 2. The predicted octanol–water partition coefficient (Wildman–Crippen LogP) is 0.440. The summed E-state index contributed by atoms with van der Waals surface area (Å²) in [6, 6.07) is 8.49. The number of benzene rings is 1. The third-order valence-corrected chi connectivity index (χ3v) is 3.97. The molecule has 1 aromatic carbocycles. The number of hydrogen-bond acceptors (Lipinski definition) is 3. The number of amides is 1. The van der Waals surface area contributed by atoms with Crippen molar-refractivity contribution >= 4 is 5.91 Å². The Bertz CT molecular complexity index is 460. The summed E-state index contributed by atoms with van der Waals surface area (Å²) in [5.41, 5.74) is 2.33. The lowest BCUT2D eigenvalue weighted by Gasteiger charge is -2.44. The van der Waals surface area contributed by atoms with Crippen LogP contribution in [0.15, 0.2) is 24.3 Å². The van der Waals surface area contributed by atoms with E-state index in [9.17, 15) is 4.79 Å². The Morgan fingerprint density at radius 2 is 2.11 bits per heavy atom. The van der Waals surface area contributed by atoms with E-state index in [2.05, 4.69) is 34.6 Å². The summed E-state index contributed by atoms with van der Waals surface area (Å²) in [5, 5.41) is 6.43. The van der Waals surface area contributed by atoms with E-state index in [0.717, 1.165) is 31.7 Å². The summed E-state index contributed by atoms with van der Waals surface area (Å²) in [7, 11) is 0. The van der Waals surface area contributed by atoms with Crippen LogP contribution in [0.25, 0.3) is 0 Å². The standard InChI is InChI=1S/C14H19N3O/c1-10-4-2-3-5-12(10)13-14(18)16-9-11-8-15-6-7-17(11)13/h2-5,11,13,15H,6-9H2,1H3,(H,16,18). The van der Waals surface area contributed by atoms with E-state index in [4.69, 9.17) is 0 Å². The van der Waals surface area contributed by atoms with E-state index in [1.54, 1.807) is 0 Å². The molecule has 0 bridgehead atoms. The van der Waals surface area contributed by atoms with E-state index in [1.165, 1.54) is 5.56 Å². The molecule has 18 heavy (non-hydrogen) atoms. The first-order valence-electron chi connectivity index (χ1n) is 6.57. The van der Waals surface area contributed by atoms with E-state index in [-0.39, 0.29) is 11.9 Å². The number of nitrogens with zero attached hydrogens (tertiary/aromatic N) is 1. The first-order chi connectivity index (χ1) is 8.77. The van der Waals surface area contributed by atoms with Crippen molar-refractivity contribution in [3.8, 4) is 0 Å². The third kappa shape index (κ3) is 1.91. The molecule has 1 amide bonds. The Balaban J connectivity index is 1.96. The van der Waals surface area contributed by atoms with Gasteiger partial charge in [0.1, 0.15) is 6.04 Å². The fraction of sp³-hybridized carbons (Fsp3) is 0.500. The first kappa shape index (κ1) is 11.7. The van der Waals surface area contributed by atoms with Crippen LogP contribution >= 0.6 is 0 Å². The molecule has 2 aliphatic rings. The van der Waals surface area contributed by atoms with Gasteiger partial charge in [-0.15, -0.1) is 0 Å². The fourth-order valence-corrected chi connectivity index (χ4v) is 2.99. The van der Waals surface area contributed by atoms with Gasteiger partial charge in [-0.3, -0.25) is 9.69 Å². The second-order valence-electron chi connectivity index (χ2n) is 5.10. The van der Waals surface area contributed by atoms with Crippen LogP contribution in [0.5, 0.6) is 0 Å². The molecule has 2 N–H and O–H groups in total. The topological polar surface area (TPSA) is 44.4 Å². The number of hydrogen-bond donors (Lipinski definition) is 2. The van der Waals surface area contributed by atoms with E-state index < -0.39 is 0 Å². The molecular weight excluding hydrogens is 226 g/mol. The van der Waals surface area contributed by atoms with Gasteiger partial charge in [-0.2, -0.15) is 0 Å². The molecule has 0 aromatic heterocycles. The zero-order valence-electron chi connectivity index (χ0n) is 10.6. The quantitative estimate of drug-likeness (QED) is 0.754. The van der Waals surface area contributed by atoms with Crippen molar-refractivity contribution < 1.29 is 4.79 Å². The number of rotatable bonds is 1. The Hall–Kier alpha value is -1.39. The normalized spacial score (nSPS) is 28.6. The minimum Gasteiger partial charge on any atom is -0.353 e. The number of piperazine rings is 2. The molecule has 2 heterocycles. The lowest BCUT2D eigenvalue weighted by atomic mass is 9.94.